The van der Waals surface area contributed by atoms with E-state index < -0.39 is 0 Å². The second-order valence-corrected chi connectivity index (χ2v) is 7.76. The number of thioether (sulfide) groups is 1. The highest BCUT2D eigenvalue weighted by Crippen LogP contribution is 2.29. The van der Waals surface area contributed by atoms with Crippen molar-refractivity contribution >= 4 is 28.7 Å². The van der Waals surface area contributed by atoms with Crippen LogP contribution in [0, 0.1) is 6.92 Å². The molecule has 3 aromatic rings. The minimum Gasteiger partial charge on any atom is -0.337 e. The average molecular weight is 382 g/mol. The lowest BCUT2D eigenvalue weighted by Crippen LogP contribution is -2.40. The lowest BCUT2D eigenvalue weighted by atomic mass is 9.97. The second-order valence-electron chi connectivity index (χ2n) is 6.99. The van der Waals surface area contributed by atoms with E-state index in [-0.39, 0.29) is 11.8 Å². The number of carbonyl (C=O) groups excluding carboxylic acids is 1. The number of rotatable bonds is 3. The van der Waals surface area contributed by atoms with Crippen molar-refractivity contribution in [2.75, 3.05) is 19.3 Å². The van der Waals surface area contributed by atoms with Gasteiger partial charge in [0.2, 0.25) is 0 Å². The molecule has 0 spiro atoms. The molecule has 0 N–H and O–H groups in total. The number of fused-ring (bicyclic) bond motifs is 1. The Labute approximate surface area is 163 Å². The highest BCUT2D eigenvalue weighted by atomic mass is 32.2. The van der Waals surface area contributed by atoms with Gasteiger partial charge in [0.25, 0.3) is 5.91 Å². The first-order valence-corrected chi connectivity index (χ1v) is 10.4. The number of aryl methyl sites for hydroxylation is 2. The molecular weight excluding hydrogens is 358 g/mol. The molecule has 1 aliphatic heterocycles. The van der Waals surface area contributed by atoms with Crippen LogP contribution in [0.1, 0.15) is 40.8 Å². The lowest BCUT2D eigenvalue weighted by molar-refractivity contribution is 0.0696. The fraction of sp³-hybridized carbons (Fsp3) is 0.400. The zero-order valence-electron chi connectivity index (χ0n) is 15.8. The number of hydrogen-bond acceptors (Lipinski definition) is 5. The van der Waals surface area contributed by atoms with Crippen LogP contribution < -0.4 is 0 Å². The summed E-state index contributed by atoms with van der Waals surface area (Å²) < 4.78 is 2.16. The van der Waals surface area contributed by atoms with E-state index in [1.54, 1.807) is 6.07 Å². The number of para-hydroxylation sites is 2. The first-order valence-electron chi connectivity index (χ1n) is 9.17. The van der Waals surface area contributed by atoms with Crippen LogP contribution in [-0.4, -0.2) is 49.7 Å². The van der Waals surface area contributed by atoms with Crippen LogP contribution >= 0.6 is 11.8 Å². The second kappa shape index (κ2) is 7.31. The summed E-state index contributed by atoms with van der Waals surface area (Å²) in [6.45, 7) is 3.33. The maximum absolute atomic E-state index is 13.1. The van der Waals surface area contributed by atoms with Gasteiger partial charge >= 0.3 is 0 Å². The topological polar surface area (TPSA) is 63.9 Å². The molecule has 0 saturated carbocycles. The summed E-state index contributed by atoms with van der Waals surface area (Å²) in [5.41, 5.74) is 3.44. The van der Waals surface area contributed by atoms with Gasteiger partial charge in [-0.05, 0) is 44.2 Å². The van der Waals surface area contributed by atoms with Gasteiger partial charge in [0.15, 0.2) is 5.16 Å². The van der Waals surface area contributed by atoms with Crippen molar-refractivity contribution in [2.24, 2.45) is 7.05 Å². The molecule has 3 heterocycles. The van der Waals surface area contributed by atoms with Gasteiger partial charge in [0, 0.05) is 31.7 Å². The van der Waals surface area contributed by atoms with E-state index in [1.165, 1.54) is 11.8 Å². The van der Waals surface area contributed by atoms with Crippen molar-refractivity contribution < 1.29 is 4.79 Å². The van der Waals surface area contributed by atoms with Crippen molar-refractivity contribution in [3.63, 3.8) is 0 Å². The van der Waals surface area contributed by atoms with Crippen molar-refractivity contribution in [3.05, 3.63) is 47.5 Å². The predicted molar refractivity (Wildman–Crippen MR) is 107 cm³/mol. The third-order valence-corrected chi connectivity index (χ3v) is 5.68. The molecule has 140 valence electrons. The molecule has 27 heavy (non-hydrogen) atoms. The molecule has 1 amide bonds. The monoisotopic (exact) mass is 381 g/mol. The molecule has 1 fully saturated rings. The molecule has 1 aliphatic rings. The number of benzene rings is 1. The van der Waals surface area contributed by atoms with Crippen LogP contribution in [0.4, 0.5) is 0 Å². The van der Waals surface area contributed by atoms with Gasteiger partial charge in [-0.2, -0.15) is 0 Å². The summed E-state index contributed by atoms with van der Waals surface area (Å²) >= 11 is 1.46. The average Bonchev–Trinajstić information content (AvgIpc) is 3.04. The Morgan fingerprint density at radius 1 is 1.22 bits per heavy atom. The molecule has 0 bridgehead atoms. The van der Waals surface area contributed by atoms with Crippen molar-refractivity contribution in [1.82, 2.24) is 24.4 Å². The summed E-state index contributed by atoms with van der Waals surface area (Å²) in [4.78, 5) is 28.6. The van der Waals surface area contributed by atoms with Crippen molar-refractivity contribution in [2.45, 2.75) is 30.8 Å². The lowest BCUT2D eigenvalue weighted by Gasteiger charge is -2.32. The summed E-state index contributed by atoms with van der Waals surface area (Å²) in [7, 11) is 2.06. The largest absolute Gasteiger partial charge is 0.337 e. The maximum Gasteiger partial charge on any atom is 0.272 e. The van der Waals surface area contributed by atoms with E-state index in [4.69, 9.17) is 4.98 Å². The molecule has 7 heteroatoms. The molecule has 2 aromatic heterocycles. The number of nitrogens with zero attached hydrogens (tertiary/aromatic N) is 5. The maximum atomic E-state index is 13.1. The summed E-state index contributed by atoms with van der Waals surface area (Å²) in [6, 6.07) is 9.95. The minimum absolute atomic E-state index is 0.0146. The first kappa shape index (κ1) is 18.0. The number of hydrogen-bond donors (Lipinski definition) is 0. The van der Waals surface area contributed by atoms with Gasteiger partial charge in [-0.3, -0.25) is 4.79 Å². The number of aromatic nitrogens is 4. The highest BCUT2D eigenvalue weighted by molar-refractivity contribution is 7.98. The summed E-state index contributed by atoms with van der Waals surface area (Å²) in [6.07, 6.45) is 3.94. The minimum atomic E-state index is -0.0146. The van der Waals surface area contributed by atoms with Crippen LogP contribution in [0.15, 0.2) is 35.5 Å². The molecular formula is C20H23N5OS. The normalized spacial score (nSPS) is 17.4. The van der Waals surface area contributed by atoms with Gasteiger partial charge in [0.05, 0.1) is 11.0 Å². The molecule has 6 nitrogen and oxygen atoms in total. The van der Waals surface area contributed by atoms with Gasteiger partial charge in [-0.1, -0.05) is 23.9 Å². The fourth-order valence-electron chi connectivity index (χ4n) is 3.81. The Hall–Kier alpha value is -2.41. The van der Waals surface area contributed by atoms with Crippen LogP contribution in [0.2, 0.25) is 0 Å². The molecule has 1 saturated heterocycles. The van der Waals surface area contributed by atoms with E-state index in [0.717, 1.165) is 41.9 Å². The SMILES string of the molecule is CSc1nc(C)cc(C(=O)N2CCCC(c3nc4ccccc4n3C)C2)n1. The Morgan fingerprint density at radius 2 is 2.04 bits per heavy atom. The third-order valence-electron chi connectivity index (χ3n) is 5.13. The first-order chi connectivity index (χ1) is 13.1. The van der Waals surface area contributed by atoms with E-state index in [2.05, 4.69) is 27.6 Å². The molecule has 0 radical (unpaired) electrons. The van der Waals surface area contributed by atoms with Crippen molar-refractivity contribution in [3.8, 4) is 0 Å². The van der Waals surface area contributed by atoms with Crippen LogP contribution in [0.3, 0.4) is 0 Å². The van der Waals surface area contributed by atoms with Crippen LogP contribution in [0.25, 0.3) is 11.0 Å². The van der Waals surface area contributed by atoms with E-state index in [9.17, 15) is 4.79 Å². The van der Waals surface area contributed by atoms with E-state index >= 15 is 0 Å². The zero-order chi connectivity index (χ0) is 19.0. The van der Waals surface area contributed by atoms with Gasteiger partial charge in [-0.15, -0.1) is 0 Å². The molecule has 1 unspecified atom stereocenters. The summed E-state index contributed by atoms with van der Waals surface area (Å²) in [5.74, 6) is 1.28. The number of imidazole rings is 1. The quantitative estimate of drug-likeness (QED) is 0.514. The zero-order valence-corrected chi connectivity index (χ0v) is 16.7. The fourth-order valence-corrected chi connectivity index (χ4v) is 4.23. The smallest absolute Gasteiger partial charge is 0.272 e. The number of amides is 1. The Morgan fingerprint density at radius 3 is 2.81 bits per heavy atom. The van der Waals surface area contributed by atoms with E-state index in [0.29, 0.717) is 17.4 Å². The van der Waals surface area contributed by atoms with Gasteiger partial charge in [-0.25, -0.2) is 15.0 Å². The molecule has 1 atom stereocenters. The number of likely N-dealkylation sites (tertiary alicyclic amines) is 1. The molecule has 0 aliphatic carbocycles. The number of piperidine rings is 1. The molecule has 4 rings (SSSR count). The van der Waals surface area contributed by atoms with Crippen LogP contribution in [0.5, 0.6) is 0 Å². The van der Waals surface area contributed by atoms with Crippen LogP contribution in [-0.2, 0) is 7.05 Å². The van der Waals surface area contributed by atoms with E-state index in [1.807, 2.05) is 36.3 Å². The number of carbonyl (C=O) groups is 1. The Balaban J connectivity index is 1.60. The van der Waals surface area contributed by atoms with Crippen molar-refractivity contribution in [1.29, 1.82) is 0 Å². The summed E-state index contributed by atoms with van der Waals surface area (Å²) in [5, 5.41) is 0.641. The third kappa shape index (κ3) is 3.43. The highest BCUT2D eigenvalue weighted by Gasteiger charge is 2.29. The molecule has 1 aromatic carbocycles. The van der Waals surface area contributed by atoms with Gasteiger partial charge < -0.3 is 9.47 Å². The standard InChI is InChI=1S/C20H23N5OS/c1-13-11-16(23-20(21-13)27-3)19(26)25-10-6-7-14(12-25)18-22-15-8-4-5-9-17(15)24(18)2/h4-5,8-9,11,14H,6-7,10,12H2,1-3H3. The Bertz CT molecular complexity index is 999. The Kier molecular flexibility index (Phi) is 4.86. The predicted octanol–water partition coefficient (Wildman–Crippen LogP) is 3.41. The van der Waals surface area contributed by atoms with Gasteiger partial charge in [0.1, 0.15) is 11.5 Å².